The highest BCUT2D eigenvalue weighted by Crippen LogP contribution is 2.32. The Kier molecular flexibility index (Phi) is 5.95. The van der Waals surface area contributed by atoms with Gasteiger partial charge < -0.3 is 5.32 Å². The molecule has 0 spiro atoms. The molecule has 3 rings (SSSR count). The number of amides is 1. The van der Waals surface area contributed by atoms with E-state index in [1.54, 1.807) is 0 Å². The van der Waals surface area contributed by atoms with Crippen LogP contribution in [0.5, 0.6) is 0 Å². The second-order valence-corrected chi connectivity index (χ2v) is 6.18. The predicted octanol–water partition coefficient (Wildman–Crippen LogP) is 4.83. The molecule has 2 aromatic heterocycles. The Morgan fingerprint density at radius 1 is 1.17 bits per heavy atom. The average Bonchev–Trinajstić information content (AvgIpc) is 3.22. The highest BCUT2D eigenvalue weighted by Gasteiger charge is 2.30. The summed E-state index contributed by atoms with van der Waals surface area (Å²) in [7, 11) is 0. The zero-order valence-electron chi connectivity index (χ0n) is 15.3. The number of hydrogen-bond acceptors (Lipinski definition) is 3. The number of rotatable bonds is 6. The molecule has 30 heavy (non-hydrogen) atoms. The first-order chi connectivity index (χ1) is 14.2. The third kappa shape index (κ3) is 4.70. The van der Waals surface area contributed by atoms with E-state index in [1.807, 2.05) is 0 Å². The normalized spacial score (nSPS) is 11.5. The number of halogens is 5. The molecule has 0 saturated heterocycles. The number of nitrogens with one attached hydrogen (secondary N) is 1. The molecule has 0 aliphatic heterocycles. The molecule has 0 radical (unpaired) electrons. The van der Waals surface area contributed by atoms with Crippen molar-refractivity contribution in [2.24, 2.45) is 0 Å². The molecule has 0 saturated carbocycles. The third-order valence-corrected chi connectivity index (χ3v) is 4.22. The molecule has 1 aromatic carbocycles. The summed E-state index contributed by atoms with van der Waals surface area (Å²) in [6.07, 6.45) is -0.876. The molecular formula is C20H15F5N4O. The van der Waals surface area contributed by atoms with Crippen LogP contribution < -0.4 is 5.32 Å². The lowest BCUT2D eigenvalue weighted by molar-refractivity contribution is -0.137. The van der Waals surface area contributed by atoms with Gasteiger partial charge in [-0.05, 0) is 35.9 Å². The van der Waals surface area contributed by atoms with E-state index in [4.69, 9.17) is 0 Å². The summed E-state index contributed by atoms with van der Waals surface area (Å²) in [5, 5.41) is 6.39. The van der Waals surface area contributed by atoms with Crippen LogP contribution in [-0.2, 0) is 17.5 Å². The summed E-state index contributed by atoms with van der Waals surface area (Å²) in [4.78, 5) is 15.7. The first-order valence-electron chi connectivity index (χ1n) is 8.59. The van der Waals surface area contributed by atoms with Gasteiger partial charge in [0.25, 0.3) is 0 Å². The van der Waals surface area contributed by atoms with Crippen LogP contribution in [0.3, 0.4) is 0 Å². The monoisotopic (exact) mass is 422 g/mol. The van der Waals surface area contributed by atoms with Crippen molar-refractivity contribution in [2.45, 2.75) is 19.3 Å². The van der Waals surface area contributed by atoms with Crippen LogP contribution in [0.2, 0.25) is 0 Å². The van der Waals surface area contributed by atoms with Gasteiger partial charge in [0, 0.05) is 30.1 Å². The van der Waals surface area contributed by atoms with Gasteiger partial charge in [-0.25, -0.2) is 4.68 Å². The fourth-order valence-electron chi connectivity index (χ4n) is 2.70. The molecule has 1 amide bonds. The Balaban J connectivity index is 2.01. The van der Waals surface area contributed by atoms with E-state index in [0.29, 0.717) is 27.1 Å². The van der Waals surface area contributed by atoms with Gasteiger partial charge in [0.1, 0.15) is 0 Å². The predicted molar refractivity (Wildman–Crippen MR) is 99.2 cm³/mol. The van der Waals surface area contributed by atoms with Crippen LogP contribution in [0.4, 0.5) is 22.0 Å². The highest BCUT2D eigenvalue weighted by molar-refractivity contribution is 5.87. The Hall–Kier alpha value is -3.56. The minimum Gasteiger partial charge on any atom is -0.348 e. The number of alkyl halides is 5. The molecule has 0 aliphatic rings. The third-order valence-electron chi connectivity index (χ3n) is 4.22. The standard InChI is InChI=1S/C20H15F5N4O/c1-2-18(30)27-11-13-10-26-17(12-3-5-14(6-4-12)20(23,24)25)9-15(13)16-7-8-29(28-16)19(21)22/h2-10,19H,1,11H2,(H,27,30). The van der Waals surface area contributed by atoms with Gasteiger partial charge in [0.15, 0.2) is 0 Å². The maximum atomic E-state index is 12.9. The van der Waals surface area contributed by atoms with Crippen LogP contribution in [0, 0.1) is 0 Å². The van der Waals surface area contributed by atoms with Crippen molar-refractivity contribution in [3.8, 4) is 22.5 Å². The molecule has 0 fully saturated rings. The second kappa shape index (κ2) is 8.44. The molecule has 0 aliphatic carbocycles. The highest BCUT2D eigenvalue weighted by atomic mass is 19.4. The Morgan fingerprint density at radius 2 is 1.87 bits per heavy atom. The molecule has 0 bridgehead atoms. The topological polar surface area (TPSA) is 59.8 Å². The number of aromatic nitrogens is 3. The molecule has 156 valence electrons. The molecule has 2 heterocycles. The summed E-state index contributed by atoms with van der Waals surface area (Å²) in [5.41, 5.74) is 1.02. The fraction of sp³-hybridized carbons (Fsp3) is 0.150. The van der Waals surface area contributed by atoms with E-state index in [0.717, 1.165) is 24.4 Å². The van der Waals surface area contributed by atoms with E-state index in [9.17, 15) is 26.7 Å². The van der Waals surface area contributed by atoms with Gasteiger partial charge in [-0.15, -0.1) is 0 Å². The maximum absolute atomic E-state index is 12.9. The van der Waals surface area contributed by atoms with Gasteiger partial charge in [0.2, 0.25) is 5.91 Å². The molecule has 1 N–H and O–H groups in total. The van der Waals surface area contributed by atoms with Gasteiger partial charge in [0.05, 0.1) is 17.0 Å². The summed E-state index contributed by atoms with van der Waals surface area (Å²) >= 11 is 0. The zero-order chi connectivity index (χ0) is 21.9. The summed E-state index contributed by atoms with van der Waals surface area (Å²) in [6.45, 7) is 0.543. The van der Waals surface area contributed by atoms with E-state index in [1.165, 1.54) is 30.5 Å². The van der Waals surface area contributed by atoms with E-state index >= 15 is 0 Å². The van der Waals surface area contributed by atoms with Crippen molar-refractivity contribution in [2.75, 3.05) is 0 Å². The van der Waals surface area contributed by atoms with Crippen molar-refractivity contribution in [1.82, 2.24) is 20.1 Å². The Morgan fingerprint density at radius 3 is 2.43 bits per heavy atom. The Bertz CT molecular complexity index is 1060. The summed E-state index contributed by atoms with van der Waals surface area (Å²) in [5.74, 6) is -0.439. The SMILES string of the molecule is C=CC(=O)NCc1cnc(-c2ccc(C(F)(F)F)cc2)cc1-c1ccn(C(F)F)n1. The lowest BCUT2D eigenvalue weighted by atomic mass is 10.0. The van der Waals surface area contributed by atoms with E-state index < -0.39 is 24.2 Å². The second-order valence-electron chi connectivity index (χ2n) is 6.18. The maximum Gasteiger partial charge on any atom is 0.416 e. The van der Waals surface area contributed by atoms with Crippen LogP contribution in [0.1, 0.15) is 17.7 Å². The fourth-order valence-corrected chi connectivity index (χ4v) is 2.70. The molecule has 0 unspecified atom stereocenters. The molecule has 0 atom stereocenters. The molecule has 10 heteroatoms. The van der Waals surface area contributed by atoms with Gasteiger partial charge >= 0.3 is 12.7 Å². The number of hydrogen-bond donors (Lipinski definition) is 1. The molecular weight excluding hydrogens is 407 g/mol. The quantitative estimate of drug-likeness (QED) is 0.457. The molecule has 5 nitrogen and oxygen atoms in total. The number of pyridine rings is 1. The van der Waals surface area contributed by atoms with Crippen molar-refractivity contribution in [3.05, 3.63) is 72.6 Å². The summed E-state index contributed by atoms with van der Waals surface area (Å²) < 4.78 is 64.6. The van der Waals surface area contributed by atoms with Gasteiger partial charge in [-0.2, -0.15) is 27.1 Å². The minimum atomic E-state index is -4.47. The number of carbonyl (C=O) groups excluding carboxylic acids is 1. The van der Waals surface area contributed by atoms with Crippen molar-refractivity contribution >= 4 is 5.91 Å². The van der Waals surface area contributed by atoms with Crippen LogP contribution in [0.25, 0.3) is 22.5 Å². The van der Waals surface area contributed by atoms with Gasteiger partial charge in [-0.3, -0.25) is 9.78 Å². The smallest absolute Gasteiger partial charge is 0.348 e. The zero-order valence-corrected chi connectivity index (χ0v) is 15.3. The Labute approximate surface area is 167 Å². The van der Waals surface area contributed by atoms with E-state index in [2.05, 4.69) is 22.0 Å². The number of benzene rings is 1. The lowest BCUT2D eigenvalue weighted by Crippen LogP contribution is -2.20. The summed E-state index contributed by atoms with van der Waals surface area (Å²) in [6, 6.07) is 7.30. The van der Waals surface area contributed by atoms with Crippen LogP contribution >= 0.6 is 0 Å². The van der Waals surface area contributed by atoms with Crippen LogP contribution in [0.15, 0.2) is 61.4 Å². The number of nitrogens with zero attached hydrogens (tertiary/aromatic N) is 3. The largest absolute Gasteiger partial charge is 0.416 e. The minimum absolute atomic E-state index is 0.0298. The first-order valence-corrected chi connectivity index (χ1v) is 8.59. The van der Waals surface area contributed by atoms with Gasteiger partial charge in [-0.1, -0.05) is 18.7 Å². The van der Waals surface area contributed by atoms with Crippen molar-refractivity contribution in [1.29, 1.82) is 0 Å². The average molecular weight is 422 g/mol. The van der Waals surface area contributed by atoms with Crippen molar-refractivity contribution < 1.29 is 26.7 Å². The lowest BCUT2D eigenvalue weighted by Gasteiger charge is -2.11. The number of carbonyl (C=O) groups is 1. The van der Waals surface area contributed by atoms with Crippen LogP contribution in [-0.4, -0.2) is 20.7 Å². The van der Waals surface area contributed by atoms with Crippen molar-refractivity contribution in [3.63, 3.8) is 0 Å². The molecule has 3 aromatic rings. The first kappa shape index (κ1) is 21.2. The van der Waals surface area contributed by atoms with E-state index in [-0.39, 0.29) is 12.2 Å².